The minimum atomic E-state index is -4.31. The smallest absolute Gasteiger partial charge is 0.462 e. The minimum Gasteiger partial charge on any atom is -0.462 e. The average molecular weight is 525 g/mol. The van der Waals surface area contributed by atoms with Crippen molar-refractivity contribution in [1.82, 2.24) is 0 Å². The number of phosphoric acid groups is 1. The number of ether oxygens (including phenoxy) is 2. The summed E-state index contributed by atoms with van der Waals surface area (Å²) in [6.07, 6.45) is 13.8. The van der Waals surface area contributed by atoms with Crippen LogP contribution in [0.2, 0.25) is 0 Å². The maximum Gasteiger partial charge on any atom is 0.472 e. The van der Waals surface area contributed by atoms with Crippen molar-refractivity contribution in [2.45, 2.75) is 103 Å². The fourth-order valence-corrected chi connectivity index (χ4v) is 4.11. The van der Waals surface area contributed by atoms with Crippen LogP contribution in [0.3, 0.4) is 0 Å². The third-order valence-electron chi connectivity index (χ3n) is 5.44. The molecule has 0 bridgehead atoms. The van der Waals surface area contributed by atoms with Gasteiger partial charge in [-0.15, -0.1) is 0 Å². The van der Waals surface area contributed by atoms with Crippen LogP contribution in [-0.4, -0.2) is 74.9 Å². The van der Waals surface area contributed by atoms with Gasteiger partial charge in [-0.3, -0.25) is 18.6 Å². The van der Waals surface area contributed by atoms with Crippen molar-refractivity contribution in [2.24, 2.45) is 0 Å². The van der Waals surface area contributed by atoms with Crippen LogP contribution in [0.25, 0.3) is 0 Å². The highest BCUT2D eigenvalue weighted by atomic mass is 31.2. The van der Waals surface area contributed by atoms with Crippen LogP contribution in [0.15, 0.2) is 0 Å². The fourth-order valence-electron chi connectivity index (χ4n) is 3.36. The van der Waals surface area contributed by atoms with Gasteiger partial charge in [0.2, 0.25) is 0 Å². The number of esters is 2. The topological polar surface area (TPSA) is 108 Å². The molecule has 0 aromatic rings. The van der Waals surface area contributed by atoms with Crippen LogP contribution in [-0.2, 0) is 32.7 Å². The Morgan fingerprint density at radius 1 is 0.829 bits per heavy atom. The van der Waals surface area contributed by atoms with Crippen LogP contribution < -0.4 is 0 Å². The van der Waals surface area contributed by atoms with E-state index >= 15 is 0 Å². The Labute approximate surface area is 213 Å². The highest BCUT2D eigenvalue weighted by Crippen LogP contribution is 2.43. The summed E-state index contributed by atoms with van der Waals surface area (Å²) in [5.74, 6) is -0.991. The van der Waals surface area contributed by atoms with E-state index in [4.69, 9.17) is 18.5 Å². The lowest BCUT2D eigenvalue weighted by Gasteiger charge is -2.24. The van der Waals surface area contributed by atoms with Gasteiger partial charge in [-0.2, -0.15) is 0 Å². The molecule has 35 heavy (non-hydrogen) atoms. The van der Waals surface area contributed by atoms with Crippen LogP contribution >= 0.6 is 7.82 Å². The maximum absolute atomic E-state index is 12.0. The van der Waals surface area contributed by atoms with Gasteiger partial charge in [-0.25, -0.2) is 4.57 Å². The second kappa shape index (κ2) is 20.1. The summed E-state index contributed by atoms with van der Waals surface area (Å²) in [4.78, 5) is 33.1. The number of carbonyl (C=O) groups excluding carboxylic acids is 2. The molecule has 10 heteroatoms. The van der Waals surface area contributed by atoms with Gasteiger partial charge in [0.1, 0.15) is 19.8 Å². The third-order valence-corrected chi connectivity index (χ3v) is 6.42. The summed E-state index contributed by atoms with van der Waals surface area (Å²) < 4.78 is 32.7. The van der Waals surface area contributed by atoms with Crippen molar-refractivity contribution in [1.29, 1.82) is 0 Å². The largest absolute Gasteiger partial charge is 0.472 e. The number of rotatable bonds is 23. The van der Waals surface area contributed by atoms with Crippen molar-refractivity contribution < 1.29 is 42.1 Å². The van der Waals surface area contributed by atoms with E-state index in [9.17, 15) is 19.0 Å². The molecule has 0 radical (unpaired) electrons. The molecule has 1 N–H and O–H groups in total. The van der Waals surface area contributed by atoms with Crippen molar-refractivity contribution >= 4 is 19.8 Å². The van der Waals surface area contributed by atoms with Crippen molar-refractivity contribution in [2.75, 3.05) is 47.5 Å². The quantitative estimate of drug-likeness (QED) is 0.0820. The summed E-state index contributed by atoms with van der Waals surface area (Å²) in [7, 11) is 1.47. The Hall–Kier alpha value is -0.990. The van der Waals surface area contributed by atoms with E-state index in [2.05, 4.69) is 6.92 Å². The van der Waals surface area contributed by atoms with Gasteiger partial charge in [0, 0.05) is 13.3 Å². The van der Waals surface area contributed by atoms with E-state index < -0.39 is 26.5 Å². The lowest BCUT2D eigenvalue weighted by atomic mass is 10.0. The van der Waals surface area contributed by atoms with Gasteiger partial charge >= 0.3 is 19.8 Å². The molecule has 0 saturated carbocycles. The molecule has 208 valence electrons. The average Bonchev–Trinajstić information content (AvgIpc) is 2.75. The second-order valence-corrected chi connectivity index (χ2v) is 11.6. The van der Waals surface area contributed by atoms with E-state index in [1.807, 2.05) is 21.1 Å². The predicted molar refractivity (Wildman–Crippen MR) is 137 cm³/mol. The van der Waals surface area contributed by atoms with Gasteiger partial charge in [0.25, 0.3) is 0 Å². The number of quaternary nitrogens is 1. The lowest BCUT2D eigenvalue weighted by molar-refractivity contribution is -0.870. The summed E-state index contributed by atoms with van der Waals surface area (Å²) in [5.41, 5.74) is 0. The highest BCUT2D eigenvalue weighted by molar-refractivity contribution is 7.47. The molecule has 0 aromatic carbocycles. The Balaban J connectivity index is 3.99. The first-order valence-electron chi connectivity index (χ1n) is 13.2. The Morgan fingerprint density at radius 2 is 1.34 bits per heavy atom. The number of unbranched alkanes of at least 4 members (excludes halogenated alkanes) is 11. The maximum atomic E-state index is 12.0. The molecule has 0 rings (SSSR count). The Kier molecular flexibility index (Phi) is 19.5. The third kappa shape index (κ3) is 24.5. The molecule has 0 aliphatic rings. The molecular formula is C25H51NO8P+. The summed E-state index contributed by atoms with van der Waals surface area (Å²) >= 11 is 0. The molecule has 0 spiro atoms. The molecule has 2 atom stereocenters. The minimum absolute atomic E-state index is 0.0313. The van der Waals surface area contributed by atoms with E-state index in [-0.39, 0.29) is 25.6 Å². The molecule has 0 amide bonds. The van der Waals surface area contributed by atoms with Gasteiger partial charge in [-0.05, 0) is 6.42 Å². The zero-order chi connectivity index (χ0) is 26.6. The van der Waals surface area contributed by atoms with Crippen molar-refractivity contribution in [3.05, 3.63) is 0 Å². The number of carbonyl (C=O) groups is 2. The summed E-state index contributed by atoms with van der Waals surface area (Å²) in [6, 6.07) is 0. The van der Waals surface area contributed by atoms with E-state index in [1.54, 1.807) is 0 Å². The molecule has 0 saturated heterocycles. The number of likely N-dealkylation sites (N-methyl/N-ethyl adjacent to an activating group) is 1. The number of hydrogen-bond donors (Lipinski definition) is 1. The van der Waals surface area contributed by atoms with E-state index in [1.165, 1.54) is 64.7 Å². The molecule has 0 aliphatic carbocycles. The van der Waals surface area contributed by atoms with Crippen LogP contribution in [0.1, 0.15) is 97.3 Å². The first-order chi connectivity index (χ1) is 16.4. The van der Waals surface area contributed by atoms with E-state index in [0.717, 1.165) is 19.3 Å². The predicted octanol–water partition coefficient (Wildman–Crippen LogP) is 5.39. The normalized spacial score (nSPS) is 14.3. The van der Waals surface area contributed by atoms with Crippen LogP contribution in [0, 0.1) is 0 Å². The summed E-state index contributed by atoms with van der Waals surface area (Å²) in [6.45, 7) is 3.33. The van der Waals surface area contributed by atoms with Crippen molar-refractivity contribution in [3.8, 4) is 0 Å². The highest BCUT2D eigenvalue weighted by Gasteiger charge is 2.26. The number of hydrogen-bond acceptors (Lipinski definition) is 7. The molecule has 1 unspecified atom stereocenters. The molecule has 0 aliphatic heterocycles. The molecule has 0 heterocycles. The van der Waals surface area contributed by atoms with Gasteiger partial charge in [-0.1, -0.05) is 77.6 Å². The van der Waals surface area contributed by atoms with Crippen LogP contribution in [0.4, 0.5) is 0 Å². The van der Waals surface area contributed by atoms with Gasteiger partial charge < -0.3 is 18.9 Å². The molecule has 0 aromatic heterocycles. The zero-order valence-electron chi connectivity index (χ0n) is 22.8. The zero-order valence-corrected chi connectivity index (χ0v) is 23.7. The van der Waals surface area contributed by atoms with Gasteiger partial charge in [0.15, 0.2) is 6.10 Å². The second-order valence-electron chi connectivity index (χ2n) is 10.2. The van der Waals surface area contributed by atoms with Gasteiger partial charge in [0.05, 0.1) is 27.7 Å². The standard InChI is InChI=1S/C25H50NO8P/c1-6-7-8-9-10-11-12-13-14-15-16-17-18-25(28)31-21-24(34-23(2)27)22-33-35(29,30)32-20-19-26(3,4)5/h24H,6-22H2,1-5H3/p+1/t24-/m1/s1. The SMILES string of the molecule is CCCCCCCCCCCCCCC(=O)OC[C@H](COP(=O)(O)OCC[N+](C)(C)C)OC(C)=O. The fraction of sp³-hybridized carbons (Fsp3) is 0.920. The van der Waals surface area contributed by atoms with E-state index in [0.29, 0.717) is 11.0 Å². The first kappa shape index (κ1) is 34.0. The first-order valence-corrected chi connectivity index (χ1v) is 14.7. The van der Waals surface area contributed by atoms with Crippen molar-refractivity contribution in [3.63, 3.8) is 0 Å². The molecule has 0 fully saturated rings. The van der Waals surface area contributed by atoms with Crippen LogP contribution in [0.5, 0.6) is 0 Å². The molecule has 9 nitrogen and oxygen atoms in total. The monoisotopic (exact) mass is 524 g/mol. The molecular weight excluding hydrogens is 473 g/mol. The lowest BCUT2D eigenvalue weighted by Crippen LogP contribution is -2.37. The summed E-state index contributed by atoms with van der Waals surface area (Å²) in [5, 5.41) is 0. The number of phosphoric ester groups is 1. The Bertz CT molecular complexity index is 609. The Morgan fingerprint density at radius 3 is 1.83 bits per heavy atom. The number of nitrogens with zero attached hydrogens (tertiary/aromatic N) is 1.